The van der Waals surface area contributed by atoms with Gasteiger partial charge in [-0.3, -0.25) is 10.1 Å². The largest absolute Gasteiger partial charge is 0.493 e. The molecule has 2 aliphatic rings. The standard InChI is InChI=1S/C24H29ClN4O5/c1-28-11-10-24(15-4-7-20(33-2)21(12-15)34-3)9-8-17(14-22(24)28)27-23(30)26-16-5-6-18(25)19(13-16)29(31)32/h4-7,12-13,17,22H,8-11,14H2,1-3H3,(H2,26,27,30). The Balaban J connectivity index is 1.47. The molecule has 1 heterocycles. The van der Waals surface area contributed by atoms with Crippen molar-refractivity contribution in [3.05, 3.63) is 57.1 Å². The van der Waals surface area contributed by atoms with E-state index >= 15 is 0 Å². The van der Waals surface area contributed by atoms with E-state index in [1.54, 1.807) is 20.3 Å². The molecule has 2 aromatic rings. The Labute approximate surface area is 203 Å². The van der Waals surface area contributed by atoms with Crippen molar-refractivity contribution in [2.24, 2.45) is 0 Å². The summed E-state index contributed by atoms with van der Waals surface area (Å²) < 4.78 is 11.0. The van der Waals surface area contributed by atoms with Crippen LogP contribution >= 0.6 is 11.6 Å². The first-order valence-corrected chi connectivity index (χ1v) is 11.6. The van der Waals surface area contributed by atoms with Gasteiger partial charge in [0, 0.05) is 29.3 Å². The van der Waals surface area contributed by atoms with Gasteiger partial charge in [-0.25, -0.2) is 4.79 Å². The van der Waals surface area contributed by atoms with Crippen LogP contribution in [-0.2, 0) is 5.41 Å². The van der Waals surface area contributed by atoms with Gasteiger partial charge in [-0.05, 0) is 69.1 Å². The molecule has 2 amide bonds. The second kappa shape index (κ2) is 9.68. The maximum Gasteiger partial charge on any atom is 0.319 e. The monoisotopic (exact) mass is 488 g/mol. The Kier molecular flexibility index (Phi) is 6.86. The molecular formula is C24H29ClN4O5. The van der Waals surface area contributed by atoms with Gasteiger partial charge < -0.3 is 25.0 Å². The van der Waals surface area contributed by atoms with Gasteiger partial charge in [0.15, 0.2) is 11.5 Å². The zero-order valence-corrected chi connectivity index (χ0v) is 20.2. The van der Waals surface area contributed by atoms with Gasteiger partial charge in [0.05, 0.1) is 19.1 Å². The molecule has 0 bridgehead atoms. The van der Waals surface area contributed by atoms with E-state index in [-0.39, 0.29) is 34.2 Å². The fourth-order valence-corrected chi connectivity index (χ4v) is 5.66. The van der Waals surface area contributed by atoms with Gasteiger partial charge in [0.25, 0.3) is 5.69 Å². The molecule has 34 heavy (non-hydrogen) atoms. The van der Waals surface area contributed by atoms with Crippen LogP contribution in [0.5, 0.6) is 11.5 Å². The molecule has 182 valence electrons. The second-order valence-corrected chi connectivity index (χ2v) is 9.37. The Morgan fingerprint density at radius 2 is 1.94 bits per heavy atom. The number of methoxy groups -OCH3 is 2. The molecule has 4 rings (SSSR count). The summed E-state index contributed by atoms with van der Waals surface area (Å²) in [5.41, 5.74) is 1.29. The highest BCUT2D eigenvalue weighted by atomic mass is 35.5. The van der Waals surface area contributed by atoms with Crippen molar-refractivity contribution >= 4 is 29.0 Å². The lowest BCUT2D eigenvalue weighted by Gasteiger charge is -2.45. The zero-order chi connectivity index (χ0) is 24.5. The van der Waals surface area contributed by atoms with E-state index in [0.29, 0.717) is 11.4 Å². The van der Waals surface area contributed by atoms with Gasteiger partial charge in [-0.2, -0.15) is 0 Å². The number of hydrogen-bond donors (Lipinski definition) is 2. The number of rotatable bonds is 6. The molecule has 9 nitrogen and oxygen atoms in total. The number of carbonyl (C=O) groups excluding carboxylic acids is 1. The molecule has 0 aromatic heterocycles. The molecule has 1 saturated carbocycles. The number of nitro benzene ring substituents is 1. The highest BCUT2D eigenvalue weighted by molar-refractivity contribution is 6.32. The lowest BCUT2D eigenvalue weighted by Crippen LogP contribution is -2.52. The molecular weight excluding hydrogens is 460 g/mol. The molecule has 2 fully saturated rings. The van der Waals surface area contributed by atoms with Crippen molar-refractivity contribution < 1.29 is 19.2 Å². The Hall–Kier alpha value is -3.04. The lowest BCUT2D eigenvalue weighted by molar-refractivity contribution is -0.384. The van der Waals surface area contributed by atoms with Crippen molar-refractivity contribution in [3.8, 4) is 11.5 Å². The SMILES string of the molecule is COc1ccc(C23CCC(NC(=O)Nc4ccc(Cl)c([N+](=O)[O-])c4)CC2N(C)CC3)cc1OC. The van der Waals surface area contributed by atoms with Crippen LogP contribution in [0.2, 0.25) is 5.02 Å². The number of urea groups is 1. The van der Waals surface area contributed by atoms with E-state index in [2.05, 4.69) is 34.7 Å². The minimum atomic E-state index is -0.573. The maximum atomic E-state index is 12.7. The van der Waals surface area contributed by atoms with Gasteiger partial charge in [-0.1, -0.05) is 17.7 Å². The summed E-state index contributed by atoms with van der Waals surface area (Å²) in [6.07, 6.45) is 3.60. The number of hydrogen-bond acceptors (Lipinski definition) is 6. The minimum Gasteiger partial charge on any atom is -0.493 e. The first kappa shape index (κ1) is 24.1. The quantitative estimate of drug-likeness (QED) is 0.455. The minimum absolute atomic E-state index is 0.0129. The second-order valence-electron chi connectivity index (χ2n) is 8.97. The van der Waals surface area contributed by atoms with Crippen LogP contribution in [0.1, 0.15) is 31.2 Å². The highest BCUT2D eigenvalue weighted by Crippen LogP contribution is 2.49. The number of likely N-dealkylation sites (N-methyl/N-ethyl adjacent to an activating group) is 1. The number of nitrogens with zero attached hydrogens (tertiary/aromatic N) is 2. The van der Waals surface area contributed by atoms with Crippen LogP contribution in [0, 0.1) is 10.1 Å². The summed E-state index contributed by atoms with van der Waals surface area (Å²) in [6, 6.07) is 10.2. The van der Waals surface area contributed by atoms with Crippen molar-refractivity contribution in [3.63, 3.8) is 0 Å². The van der Waals surface area contributed by atoms with Crippen LogP contribution in [0.4, 0.5) is 16.2 Å². The first-order chi connectivity index (χ1) is 16.3. The summed E-state index contributed by atoms with van der Waals surface area (Å²) in [5.74, 6) is 1.43. The van der Waals surface area contributed by atoms with Crippen LogP contribution in [-0.4, -0.2) is 55.8 Å². The number of anilines is 1. The molecule has 1 aliphatic heterocycles. The fraction of sp³-hybridized carbons (Fsp3) is 0.458. The number of halogens is 1. The van der Waals surface area contributed by atoms with Crippen LogP contribution in [0.3, 0.4) is 0 Å². The van der Waals surface area contributed by atoms with Crippen LogP contribution in [0.15, 0.2) is 36.4 Å². The number of benzene rings is 2. The molecule has 10 heteroatoms. The zero-order valence-electron chi connectivity index (χ0n) is 19.5. The van der Waals surface area contributed by atoms with Crippen molar-refractivity contribution in [2.45, 2.75) is 43.2 Å². The molecule has 2 N–H and O–H groups in total. The summed E-state index contributed by atoms with van der Waals surface area (Å²) in [5, 5.41) is 16.9. The lowest BCUT2D eigenvalue weighted by atomic mass is 9.65. The molecule has 3 atom stereocenters. The number of carbonyl (C=O) groups is 1. The first-order valence-electron chi connectivity index (χ1n) is 11.2. The van der Waals surface area contributed by atoms with Crippen molar-refractivity contribution in [1.29, 1.82) is 0 Å². The van der Waals surface area contributed by atoms with E-state index in [4.69, 9.17) is 21.1 Å². The van der Waals surface area contributed by atoms with Gasteiger partial charge in [0.2, 0.25) is 0 Å². The van der Waals surface area contributed by atoms with E-state index in [1.165, 1.54) is 17.7 Å². The molecule has 0 spiro atoms. The van der Waals surface area contributed by atoms with E-state index < -0.39 is 4.92 Å². The predicted octanol–water partition coefficient (Wildman–Crippen LogP) is 4.58. The smallest absolute Gasteiger partial charge is 0.319 e. The van der Waals surface area contributed by atoms with Gasteiger partial charge in [-0.15, -0.1) is 0 Å². The predicted molar refractivity (Wildman–Crippen MR) is 130 cm³/mol. The van der Waals surface area contributed by atoms with Crippen LogP contribution in [0.25, 0.3) is 0 Å². The number of nitro groups is 1. The number of likely N-dealkylation sites (tertiary alicyclic amines) is 1. The Bertz CT molecular complexity index is 1100. The number of nitrogens with one attached hydrogen (secondary N) is 2. The number of fused-ring (bicyclic) bond motifs is 1. The maximum absolute atomic E-state index is 12.7. The van der Waals surface area contributed by atoms with Crippen LogP contribution < -0.4 is 20.1 Å². The van der Waals surface area contributed by atoms with E-state index in [1.807, 2.05) is 6.07 Å². The third kappa shape index (κ3) is 4.50. The third-order valence-corrected chi connectivity index (χ3v) is 7.54. The molecule has 3 unspecified atom stereocenters. The molecule has 0 radical (unpaired) electrons. The Morgan fingerprint density at radius 3 is 2.65 bits per heavy atom. The fourth-order valence-electron chi connectivity index (χ4n) is 5.48. The normalized spacial score (nSPS) is 24.2. The van der Waals surface area contributed by atoms with Gasteiger partial charge >= 0.3 is 6.03 Å². The summed E-state index contributed by atoms with van der Waals surface area (Å²) >= 11 is 5.86. The molecule has 1 aliphatic carbocycles. The number of ether oxygens (including phenoxy) is 2. The highest BCUT2D eigenvalue weighted by Gasteiger charge is 2.50. The van der Waals surface area contributed by atoms with E-state index in [9.17, 15) is 14.9 Å². The van der Waals surface area contributed by atoms with Crippen molar-refractivity contribution in [1.82, 2.24) is 10.2 Å². The number of amides is 2. The van der Waals surface area contributed by atoms with E-state index in [0.717, 1.165) is 38.0 Å². The van der Waals surface area contributed by atoms with Crippen molar-refractivity contribution in [2.75, 3.05) is 33.1 Å². The van der Waals surface area contributed by atoms with Gasteiger partial charge in [0.1, 0.15) is 5.02 Å². The summed E-state index contributed by atoms with van der Waals surface area (Å²) in [7, 11) is 5.40. The average Bonchev–Trinajstić information content (AvgIpc) is 3.16. The molecule has 2 aromatic carbocycles. The summed E-state index contributed by atoms with van der Waals surface area (Å²) in [4.78, 5) is 25.6. The topological polar surface area (TPSA) is 106 Å². The third-order valence-electron chi connectivity index (χ3n) is 7.22. The Morgan fingerprint density at radius 1 is 1.18 bits per heavy atom. The average molecular weight is 489 g/mol. The summed E-state index contributed by atoms with van der Waals surface area (Å²) in [6.45, 7) is 0.979. The molecule has 1 saturated heterocycles.